The molecule has 6 aromatic rings. The van der Waals surface area contributed by atoms with E-state index in [2.05, 4.69) is 70.0 Å². The van der Waals surface area contributed by atoms with Crippen molar-refractivity contribution in [3.63, 3.8) is 0 Å². The second-order valence-corrected chi connectivity index (χ2v) is 19.2. The van der Waals surface area contributed by atoms with Crippen molar-refractivity contribution in [2.75, 3.05) is 13.2 Å². The van der Waals surface area contributed by atoms with E-state index in [0.717, 1.165) is 75.3 Å². The number of ether oxygens (including phenoxy) is 2. The van der Waals surface area contributed by atoms with Crippen molar-refractivity contribution in [3.05, 3.63) is 90.4 Å². The van der Waals surface area contributed by atoms with Crippen molar-refractivity contribution in [2.24, 2.45) is 0 Å². The molecule has 3 aromatic heterocycles. The van der Waals surface area contributed by atoms with Gasteiger partial charge in [-0.25, -0.2) is 9.97 Å². The van der Waals surface area contributed by atoms with E-state index >= 15 is 0 Å². The Morgan fingerprint density at radius 2 is 0.944 bits per heavy atom. The van der Waals surface area contributed by atoms with Gasteiger partial charge in [0.05, 0.1) is 42.2 Å². The molecule has 54 heavy (non-hydrogen) atoms. The molecule has 0 fully saturated rings. The third-order valence-electron chi connectivity index (χ3n) is 9.39. The largest absolute Gasteiger partial charge is 0.494 e. The summed E-state index contributed by atoms with van der Waals surface area (Å²) in [5.41, 5.74) is 6.17. The predicted molar refractivity (Wildman–Crippen MR) is 240 cm³/mol. The molecule has 0 aliphatic heterocycles. The van der Waals surface area contributed by atoms with Crippen LogP contribution >= 0.6 is 77.7 Å². The molecule has 0 bridgehead atoms. The summed E-state index contributed by atoms with van der Waals surface area (Å²) < 4.78 is 14.6. The molecule has 0 aliphatic rings. The average Bonchev–Trinajstić information content (AvgIpc) is 3.81. The fourth-order valence-electron chi connectivity index (χ4n) is 6.57. The minimum atomic E-state index is 0.451. The van der Waals surface area contributed by atoms with Gasteiger partial charge in [0, 0.05) is 32.0 Å². The molecule has 0 N–H and O–H groups in total. The van der Waals surface area contributed by atoms with Crippen LogP contribution in [0.4, 0.5) is 0 Å². The van der Waals surface area contributed by atoms with Crippen LogP contribution in [-0.2, 0) is 0 Å². The van der Waals surface area contributed by atoms with Crippen LogP contribution < -0.4 is 9.47 Å². The van der Waals surface area contributed by atoms with Gasteiger partial charge >= 0.3 is 0 Å². The number of fused-ring (bicyclic) bond motifs is 1. The normalized spacial score (nSPS) is 11.4. The van der Waals surface area contributed by atoms with Crippen LogP contribution in [0.25, 0.3) is 54.4 Å². The van der Waals surface area contributed by atoms with Crippen molar-refractivity contribution < 1.29 is 9.47 Å². The van der Waals surface area contributed by atoms with Crippen LogP contribution in [0, 0.1) is 0 Å². The number of unbranched alkanes of at least 4 members (excludes halogenated alkanes) is 10. The molecule has 0 atom stereocenters. The lowest BCUT2D eigenvalue weighted by molar-refractivity contribution is 0.304. The number of halogens is 4. The maximum atomic E-state index is 7.23. The lowest BCUT2D eigenvalue weighted by Gasteiger charge is -2.18. The summed E-state index contributed by atoms with van der Waals surface area (Å²) in [5, 5.41) is 0.902. The SMILES string of the molecule is CCCCCCCCOc1cccc(-c2nc3c(-c4ccc(Br)s4)c(Cl)c(Cl)c(-c4ccc(Br)s4)c3nc2-c2cccc(OCCCCCCCC)c2)c1. The maximum Gasteiger partial charge on any atom is 0.119 e. The molecule has 0 amide bonds. The van der Waals surface area contributed by atoms with Crippen LogP contribution in [-0.4, -0.2) is 23.2 Å². The number of benzene rings is 3. The molecular weight excluding hydrogens is 883 g/mol. The van der Waals surface area contributed by atoms with E-state index < -0.39 is 0 Å². The number of hydrogen-bond acceptors (Lipinski definition) is 6. The van der Waals surface area contributed by atoms with Gasteiger partial charge in [0.2, 0.25) is 0 Å². The Morgan fingerprint density at radius 1 is 0.537 bits per heavy atom. The summed E-state index contributed by atoms with van der Waals surface area (Å²) in [6.45, 7) is 5.84. The van der Waals surface area contributed by atoms with Gasteiger partial charge in [-0.1, -0.05) is 126 Å². The summed E-state index contributed by atoms with van der Waals surface area (Å²) in [7, 11) is 0. The van der Waals surface area contributed by atoms with Crippen molar-refractivity contribution in [2.45, 2.75) is 90.9 Å². The number of nitrogens with zero attached hydrogens (tertiary/aromatic N) is 2. The lowest BCUT2D eigenvalue weighted by Crippen LogP contribution is -2.01. The Hall–Kier alpha value is -2.46. The van der Waals surface area contributed by atoms with Gasteiger partial charge in [-0.15, -0.1) is 22.7 Å². The zero-order chi connectivity index (χ0) is 37.9. The molecule has 284 valence electrons. The quantitative estimate of drug-likeness (QED) is 0.0716. The van der Waals surface area contributed by atoms with Crippen molar-refractivity contribution in [1.82, 2.24) is 9.97 Å². The highest BCUT2D eigenvalue weighted by Crippen LogP contribution is 2.50. The van der Waals surface area contributed by atoms with E-state index in [4.69, 9.17) is 42.6 Å². The van der Waals surface area contributed by atoms with Crippen LogP contribution in [0.5, 0.6) is 11.5 Å². The minimum absolute atomic E-state index is 0.451. The monoisotopic (exact) mass is 926 g/mol. The van der Waals surface area contributed by atoms with Gasteiger partial charge in [0.25, 0.3) is 0 Å². The molecule has 0 radical (unpaired) electrons. The Balaban J connectivity index is 1.46. The van der Waals surface area contributed by atoms with Crippen molar-refractivity contribution >= 4 is 88.8 Å². The summed E-state index contributed by atoms with van der Waals surface area (Å²) >= 11 is 24.9. The molecule has 3 heterocycles. The minimum Gasteiger partial charge on any atom is -0.494 e. The van der Waals surface area contributed by atoms with Gasteiger partial charge in [0.1, 0.15) is 22.5 Å². The van der Waals surface area contributed by atoms with E-state index in [1.807, 2.05) is 48.5 Å². The van der Waals surface area contributed by atoms with Crippen LogP contribution in [0.1, 0.15) is 90.9 Å². The third-order valence-corrected chi connectivity index (χ3v) is 13.5. The zero-order valence-electron chi connectivity index (χ0n) is 30.9. The van der Waals surface area contributed by atoms with Gasteiger partial charge < -0.3 is 9.47 Å². The summed E-state index contributed by atoms with van der Waals surface area (Å²) in [6.07, 6.45) is 14.5. The van der Waals surface area contributed by atoms with Gasteiger partial charge in [-0.3, -0.25) is 0 Å². The van der Waals surface area contributed by atoms with E-state index in [9.17, 15) is 0 Å². The molecule has 0 saturated carbocycles. The fraction of sp³-hybridized carbons (Fsp3) is 0.364. The van der Waals surface area contributed by atoms with Gasteiger partial charge in [0.15, 0.2) is 0 Å². The molecular formula is C44H46Br2Cl2N2O2S2. The van der Waals surface area contributed by atoms with Crippen molar-refractivity contribution in [3.8, 4) is 54.9 Å². The second-order valence-electron chi connectivity index (χ2n) is 13.5. The van der Waals surface area contributed by atoms with Crippen LogP contribution in [0.3, 0.4) is 0 Å². The highest BCUT2D eigenvalue weighted by Gasteiger charge is 2.26. The standard InChI is InChI=1S/C44H46Br2Cl2N2O2S2/c1-3-5-7-9-11-13-25-51-31-19-15-17-29(27-31)41-42(30-18-16-20-32(28-30)52-26-14-12-10-8-6-4-2)50-44-38(34-22-24-36(46)54-34)40(48)39(47)37(43(44)49-41)33-21-23-35(45)53-33/h15-24,27-28H,3-14,25-26H2,1-2H3. The smallest absolute Gasteiger partial charge is 0.119 e. The number of aromatic nitrogens is 2. The topological polar surface area (TPSA) is 44.2 Å². The Morgan fingerprint density at radius 3 is 1.33 bits per heavy atom. The molecule has 0 saturated heterocycles. The number of thiophene rings is 2. The molecule has 10 heteroatoms. The Bertz CT molecular complexity index is 2000. The summed E-state index contributed by atoms with van der Waals surface area (Å²) in [4.78, 5) is 12.9. The molecule has 0 spiro atoms. The second kappa shape index (κ2) is 20.6. The molecule has 6 rings (SSSR count). The van der Waals surface area contributed by atoms with Crippen LogP contribution in [0.15, 0.2) is 80.4 Å². The lowest BCUT2D eigenvalue weighted by atomic mass is 10.00. The summed E-state index contributed by atoms with van der Waals surface area (Å²) in [6, 6.07) is 24.5. The average molecular weight is 930 g/mol. The first-order valence-corrected chi connectivity index (χ1v) is 23.1. The molecule has 0 aliphatic carbocycles. The van der Waals surface area contributed by atoms with E-state index in [-0.39, 0.29) is 0 Å². The van der Waals surface area contributed by atoms with E-state index in [0.29, 0.717) is 34.3 Å². The third kappa shape index (κ3) is 10.5. The molecule has 4 nitrogen and oxygen atoms in total. The van der Waals surface area contributed by atoms with Gasteiger partial charge in [-0.2, -0.15) is 0 Å². The van der Waals surface area contributed by atoms with Crippen LogP contribution in [0.2, 0.25) is 10.0 Å². The van der Waals surface area contributed by atoms with Crippen molar-refractivity contribution in [1.29, 1.82) is 0 Å². The molecule has 0 unspecified atom stereocenters. The highest BCUT2D eigenvalue weighted by molar-refractivity contribution is 9.11. The maximum absolute atomic E-state index is 7.23. The first-order valence-electron chi connectivity index (χ1n) is 19.1. The van der Waals surface area contributed by atoms with E-state index in [1.165, 1.54) is 64.2 Å². The first kappa shape index (κ1) is 41.2. The first-order chi connectivity index (χ1) is 26.4. The zero-order valence-corrected chi connectivity index (χ0v) is 37.2. The fourth-order valence-corrected chi connectivity index (χ4v) is 10.1. The number of hydrogen-bond donors (Lipinski definition) is 0. The summed E-state index contributed by atoms with van der Waals surface area (Å²) in [5.74, 6) is 1.62. The predicted octanol–water partition coefficient (Wildman–Crippen LogP) is 16.7. The van der Waals surface area contributed by atoms with Gasteiger partial charge in [-0.05, 0) is 93.2 Å². The Labute approximate surface area is 354 Å². The van der Waals surface area contributed by atoms with E-state index in [1.54, 1.807) is 22.7 Å². The highest BCUT2D eigenvalue weighted by atomic mass is 79.9. The number of rotatable bonds is 20. The Kier molecular flexibility index (Phi) is 15.7. The molecule has 3 aromatic carbocycles.